The lowest BCUT2D eigenvalue weighted by Gasteiger charge is -2.32. The van der Waals surface area contributed by atoms with Gasteiger partial charge in [-0.1, -0.05) is 36.4 Å². The molecule has 2 amide bonds. The second-order valence-corrected chi connectivity index (χ2v) is 6.94. The molecule has 2 aliphatic rings. The van der Waals surface area contributed by atoms with Crippen molar-refractivity contribution in [2.45, 2.75) is 25.9 Å². The number of morpholine rings is 1. The quantitative estimate of drug-likeness (QED) is 0.726. The first kappa shape index (κ1) is 20.1. The Morgan fingerprint density at radius 3 is 2.89 bits per heavy atom. The summed E-state index contributed by atoms with van der Waals surface area (Å²) < 4.78 is 11.0. The van der Waals surface area contributed by atoms with Gasteiger partial charge in [0.2, 0.25) is 0 Å². The number of ether oxygens (including phenoxy) is 2. The molecule has 1 aliphatic carbocycles. The Bertz CT molecular complexity index is 760. The number of nitrogens with one attached hydrogen (secondary N) is 2. The highest BCUT2D eigenvalue weighted by Gasteiger charge is 2.27. The minimum atomic E-state index is -0.612. The number of allylic oxidation sites excluding steroid dienone is 2. The molecule has 1 heterocycles. The molecule has 1 saturated heterocycles. The zero-order chi connectivity index (χ0) is 19.8. The van der Waals surface area contributed by atoms with E-state index >= 15 is 0 Å². The van der Waals surface area contributed by atoms with E-state index in [1.807, 2.05) is 25.1 Å². The summed E-state index contributed by atoms with van der Waals surface area (Å²) in [4.78, 5) is 26.4. The molecule has 1 unspecified atom stereocenters. The van der Waals surface area contributed by atoms with Crippen LogP contribution in [0.2, 0.25) is 0 Å². The summed E-state index contributed by atoms with van der Waals surface area (Å²) in [5.74, 6) is -0.148. The molecule has 3 rings (SSSR count). The van der Waals surface area contributed by atoms with Gasteiger partial charge in [0.1, 0.15) is 5.75 Å². The number of benzene rings is 1. The van der Waals surface area contributed by atoms with Gasteiger partial charge in [-0.25, -0.2) is 0 Å². The number of hydrogen-bond donors (Lipinski definition) is 2. The van der Waals surface area contributed by atoms with E-state index in [-0.39, 0.29) is 12.5 Å². The van der Waals surface area contributed by atoms with Crippen LogP contribution in [0.5, 0.6) is 5.75 Å². The highest BCUT2D eigenvalue weighted by molar-refractivity contribution is 5.85. The highest BCUT2D eigenvalue weighted by Crippen LogP contribution is 2.16. The average molecular weight is 385 g/mol. The van der Waals surface area contributed by atoms with E-state index in [4.69, 9.17) is 9.47 Å². The molecule has 0 radical (unpaired) electrons. The van der Waals surface area contributed by atoms with E-state index in [0.717, 1.165) is 31.5 Å². The first-order valence-corrected chi connectivity index (χ1v) is 9.58. The summed E-state index contributed by atoms with van der Waals surface area (Å²) in [5, 5.41) is 0. The van der Waals surface area contributed by atoms with Crippen LogP contribution in [-0.2, 0) is 14.3 Å². The summed E-state index contributed by atoms with van der Waals surface area (Å²) >= 11 is 0. The maximum absolute atomic E-state index is 12.3. The van der Waals surface area contributed by atoms with Crippen LogP contribution in [0.3, 0.4) is 0 Å². The van der Waals surface area contributed by atoms with Crippen molar-refractivity contribution in [3.05, 3.63) is 53.6 Å². The van der Waals surface area contributed by atoms with E-state index < -0.39 is 12.0 Å². The topological polar surface area (TPSA) is 79.9 Å². The Balaban J connectivity index is 1.40. The zero-order valence-electron chi connectivity index (χ0n) is 16.1. The lowest BCUT2D eigenvalue weighted by molar-refractivity contribution is -0.141. The van der Waals surface area contributed by atoms with Crippen LogP contribution < -0.4 is 15.6 Å². The predicted molar refractivity (Wildman–Crippen MR) is 106 cm³/mol. The predicted octanol–water partition coefficient (Wildman–Crippen LogP) is 1.50. The van der Waals surface area contributed by atoms with Crippen LogP contribution in [0.25, 0.3) is 0 Å². The van der Waals surface area contributed by atoms with Crippen molar-refractivity contribution in [2.24, 2.45) is 0 Å². The van der Waals surface area contributed by atoms with Crippen molar-refractivity contribution in [2.75, 3.05) is 32.8 Å². The lowest BCUT2D eigenvalue weighted by atomic mass is 10.1. The Labute approximate surface area is 165 Å². The first-order valence-electron chi connectivity index (χ1n) is 9.58. The fourth-order valence-corrected chi connectivity index (χ4v) is 3.16. The van der Waals surface area contributed by atoms with Gasteiger partial charge >= 0.3 is 0 Å². The molecular formula is C21H27N3O4. The van der Waals surface area contributed by atoms with Gasteiger partial charge in [0, 0.05) is 19.6 Å². The number of aryl methyl sites for hydroxylation is 1. The maximum atomic E-state index is 12.3. The Morgan fingerprint density at radius 2 is 2.11 bits per heavy atom. The number of nitrogens with zero attached hydrogens (tertiary/aromatic N) is 1. The van der Waals surface area contributed by atoms with Crippen LogP contribution in [0, 0.1) is 6.92 Å². The Hall–Kier alpha value is -2.64. The first-order chi connectivity index (χ1) is 13.6. The summed E-state index contributed by atoms with van der Waals surface area (Å²) in [6.07, 6.45) is 8.09. The largest absolute Gasteiger partial charge is 0.483 e. The van der Waals surface area contributed by atoms with Gasteiger partial charge in [-0.05, 0) is 37.0 Å². The standard InChI is InChI=1S/C21H27N3O4/c1-16-7-5-6-10-18(16)28-15-20(25)22-23-21(26)19-14-24(11-12-27-19)13-17-8-3-2-4-9-17/h3,5-10,19H,2,4,11-15H2,1H3,(H,22,25)(H,23,26). The fraction of sp³-hybridized carbons (Fsp3) is 0.429. The molecule has 150 valence electrons. The molecule has 1 fully saturated rings. The number of amides is 2. The van der Waals surface area contributed by atoms with Gasteiger partial charge in [0.25, 0.3) is 11.8 Å². The molecule has 1 atom stereocenters. The van der Waals surface area contributed by atoms with Crippen LogP contribution >= 0.6 is 0 Å². The van der Waals surface area contributed by atoms with Crippen LogP contribution in [0.1, 0.15) is 18.4 Å². The van der Waals surface area contributed by atoms with Gasteiger partial charge < -0.3 is 9.47 Å². The van der Waals surface area contributed by atoms with Gasteiger partial charge in [0.15, 0.2) is 12.7 Å². The van der Waals surface area contributed by atoms with E-state index in [9.17, 15) is 9.59 Å². The number of rotatable bonds is 6. The Kier molecular flexibility index (Phi) is 7.22. The van der Waals surface area contributed by atoms with E-state index in [1.54, 1.807) is 6.07 Å². The second kappa shape index (κ2) is 10.1. The molecule has 0 spiro atoms. The van der Waals surface area contributed by atoms with Crippen molar-refractivity contribution in [1.82, 2.24) is 15.8 Å². The molecule has 2 N–H and O–H groups in total. The third-order valence-electron chi connectivity index (χ3n) is 4.70. The lowest BCUT2D eigenvalue weighted by Crippen LogP contribution is -2.54. The van der Waals surface area contributed by atoms with Crippen molar-refractivity contribution in [3.8, 4) is 5.75 Å². The third-order valence-corrected chi connectivity index (χ3v) is 4.70. The van der Waals surface area contributed by atoms with Crippen molar-refractivity contribution >= 4 is 11.8 Å². The third kappa shape index (κ3) is 5.94. The number of carbonyl (C=O) groups is 2. The SMILES string of the molecule is Cc1ccccc1OCC(=O)NNC(=O)C1CN(CC2=CCCC=C2)CCO1. The summed E-state index contributed by atoms with van der Waals surface area (Å²) in [7, 11) is 0. The molecule has 1 aliphatic heterocycles. The van der Waals surface area contributed by atoms with E-state index in [2.05, 4.69) is 34.0 Å². The number of hydrazine groups is 1. The summed E-state index contributed by atoms with van der Waals surface area (Å²) in [6.45, 7) is 4.29. The average Bonchev–Trinajstić information content (AvgIpc) is 2.72. The number of hydrogen-bond acceptors (Lipinski definition) is 5. The van der Waals surface area contributed by atoms with E-state index in [1.165, 1.54) is 5.57 Å². The highest BCUT2D eigenvalue weighted by atomic mass is 16.5. The van der Waals surface area contributed by atoms with Gasteiger partial charge in [-0.15, -0.1) is 0 Å². The normalized spacial score (nSPS) is 19.6. The molecule has 0 aromatic heterocycles. The molecule has 0 bridgehead atoms. The summed E-state index contributed by atoms with van der Waals surface area (Å²) in [6, 6.07) is 7.44. The fourth-order valence-electron chi connectivity index (χ4n) is 3.16. The molecule has 0 saturated carbocycles. The van der Waals surface area contributed by atoms with Crippen LogP contribution in [-0.4, -0.2) is 55.7 Å². The monoisotopic (exact) mass is 385 g/mol. The molecular weight excluding hydrogens is 358 g/mol. The molecule has 7 heteroatoms. The van der Waals surface area contributed by atoms with Crippen molar-refractivity contribution in [3.63, 3.8) is 0 Å². The van der Waals surface area contributed by atoms with Gasteiger partial charge in [-0.2, -0.15) is 0 Å². The number of carbonyl (C=O) groups excluding carboxylic acids is 2. The van der Waals surface area contributed by atoms with Gasteiger partial charge in [-0.3, -0.25) is 25.3 Å². The Morgan fingerprint density at radius 1 is 1.25 bits per heavy atom. The van der Waals surface area contributed by atoms with Crippen LogP contribution in [0.15, 0.2) is 48.1 Å². The summed E-state index contributed by atoms with van der Waals surface area (Å²) in [5.41, 5.74) is 7.02. The zero-order valence-corrected chi connectivity index (χ0v) is 16.1. The smallest absolute Gasteiger partial charge is 0.276 e. The van der Waals surface area contributed by atoms with E-state index in [0.29, 0.717) is 18.9 Å². The maximum Gasteiger partial charge on any atom is 0.276 e. The molecule has 1 aromatic rings. The second-order valence-electron chi connectivity index (χ2n) is 6.94. The number of para-hydroxylation sites is 1. The van der Waals surface area contributed by atoms with Crippen LogP contribution in [0.4, 0.5) is 0 Å². The van der Waals surface area contributed by atoms with Crippen molar-refractivity contribution < 1.29 is 19.1 Å². The van der Waals surface area contributed by atoms with Gasteiger partial charge in [0.05, 0.1) is 6.61 Å². The molecule has 7 nitrogen and oxygen atoms in total. The minimum absolute atomic E-state index is 0.177. The minimum Gasteiger partial charge on any atom is -0.483 e. The molecule has 28 heavy (non-hydrogen) atoms. The molecule has 1 aromatic carbocycles. The van der Waals surface area contributed by atoms with Crippen molar-refractivity contribution in [1.29, 1.82) is 0 Å².